The SMILES string of the molecule is CCOC(=O)[C@H]1[C@@H]2C=C[C@@]3(CN([C@@H](C)CC)C(=O)[C@@H]13)O2. The van der Waals surface area contributed by atoms with E-state index in [9.17, 15) is 9.59 Å². The van der Waals surface area contributed by atoms with Crippen LogP contribution in [0.5, 0.6) is 0 Å². The zero-order chi connectivity index (χ0) is 14.5. The highest BCUT2D eigenvalue weighted by atomic mass is 16.6. The maximum atomic E-state index is 12.7. The number of rotatable bonds is 4. The Hall–Kier alpha value is -1.36. The quantitative estimate of drug-likeness (QED) is 0.572. The van der Waals surface area contributed by atoms with Crippen LogP contribution in [0.15, 0.2) is 12.2 Å². The van der Waals surface area contributed by atoms with Gasteiger partial charge in [0.1, 0.15) is 11.5 Å². The Balaban J connectivity index is 1.90. The van der Waals surface area contributed by atoms with Gasteiger partial charge in [0.25, 0.3) is 0 Å². The van der Waals surface area contributed by atoms with Crippen LogP contribution < -0.4 is 0 Å². The molecule has 0 aromatic rings. The summed E-state index contributed by atoms with van der Waals surface area (Å²) in [7, 11) is 0. The average Bonchev–Trinajstić information content (AvgIpc) is 3.06. The molecule has 0 N–H and O–H groups in total. The number of carbonyl (C=O) groups excluding carboxylic acids is 2. The maximum absolute atomic E-state index is 12.7. The summed E-state index contributed by atoms with van der Waals surface area (Å²) < 4.78 is 11.1. The molecule has 5 heteroatoms. The van der Waals surface area contributed by atoms with Gasteiger partial charge in [0.15, 0.2) is 0 Å². The second-order valence-corrected chi connectivity index (χ2v) is 5.88. The molecular formula is C15H21NO4. The molecule has 2 saturated heterocycles. The predicted molar refractivity (Wildman–Crippen MR) is 71.8 cm³/mol. The summed E-state index contributed by atoms with van der Waals surface area (Å²) in [4.78, 5) is 26.7. The third kappa shape index (κ3) is 1.65. The fraction of sp³-hybridized carbons (Fsp3) is 0.733. The number of likely N-dealkylation sites (tertiary alicyclic amines) is 1. The second kappa shape index (κ2) is 4.58. The summed E-state index contributed by atoms with van der Waals surface area (Å²) in [6, 6.07) is 0.168. The van der Waals surface area contributed by atoms with Crippen molar-refractivity contribution in [2.45, 2.75) is 44.9 Å². The molecule has 3 heterocycles. The van der Waals surface area contributed by atoms with Crippen LogP contribution in [0.4, 0.5) is 0 Å². The van der Waals surface area contributed by atoms with Gasteiger partial charge in [-0.05, 0) is 20.3 Å². The van der Waals surface area contributed by atoms with Crippen LogP contribution in [0, 0.1) is 11.8 Å². The molecule has 1 spiro atoms. The van der Waals surface area contributed by atoms with Crippen molar-refractivity contribution in [3.63, 3.8) is 0 Å². The monoisotopic (exact) mass is 279 g/mol. The van der Waals surface area contributed by atoms with Gasteiger partial charge in [0, 0.05) is 6.04 Å². The molecule has 0 unspecified atom stereocenters. The number of fused-ring (bicyclic) bond motifs is 1. The Labute approximate surface area is 118 Å². The standard InChI is InChI=1S/C15H21NO4/c1-4-9(3)16-8-15-7-6-10(20-15)11(12(15)13(16)17)14(18)19-5-2/h6-7,9-12H,4-5,8H2,1-3H3/t9-,10-,11-,12+,15-/m0/s1. The van der Waals surface area contributed by atoms with Crippen molar-refractivity contribution in [2.24, 2.45) is 11.8 Å². The first kappa shape index (κ1) is 13.6. The van der Waals surface area contributed by atoms with Crippen molar-refractivity contribution in [1.29, 1.82) is 0 Å². The minimum absolute atomic E-state index is 0.0317. The molecule has 0 saturated carbocycles. The Morgan fingerprint density at radius 3 is 3.00 bits per heavy atom. The van der Waals surface area contributed by atoms with Gasteiger partial charge in [-0.2, -0.15) is 0 Å². The summed E-state index contributed by atoms with van der Waals surface area (Å²) in [6.07, 6.45) is 4.47. The van der Waals surface area contributed by atoms with Gasteiger partial charge in [0.05, 0.1) is 25.2 Å². The Morgan fingerprint density at radius 2 is 2.35 bits per heavy atom. The molecule has 5 nitrogen and oxygen atoms in total. The van der Waals surface area contributed by atoms with E-state index in [2.05, 4.69) is 6.92 Å². The molecular weight excluding hydrogens is 258 g/mol. The van der Waals surface area contributed by atoms with Crippen LogP contribution in [0.2, 0.25) is 0 Å². The summed E-state index contributed by atoms with van der Waals surface area (Å²) >= 11 is 0. The van der Waals surface area contributed by atoms with E-state index in [1.165, 1.54) is 0 Å². The van der Waals surface area contributed by atoms with Gasteiger partial charge in [-0.25, -0.2) is 0 Å². The number of hydrogen-bond acceptors (Lipinski definition) is 4. The van der Waals surface area contributed by atoms with Crippen LogP contribution in [-0.4, -0.2) is 47.7 Å². The van der Waals surface area contributed by atoms with Gasteiger partial charge in [-0.1, -0.05) is 19.1 Å². The number of carbonyl (C=O) groups is 2. The molecule has 3 rings (SSSR count). The van der Waals surface area contributed by atoms with Crippen molar-refractivity contribution < 1.29 is 19.1 Å². The van der Waals surface area contributed by atoms with Crippen LogP contribution in [-0.2, 0) is 19.1 Å². The van der Waals surface area contributed by atoms with E-state index in [1.54, 1.807) is 6.92 Å². The lowest BCUT2D eigenvalue weighted by Crippen LogP contribution is -2.41. The lowest BCUT2D eigenvalue weighted by molar-refractivity contribution is -0.153. The van der Waals surface area contributed by atoms with Crippen molar-refractivity contribution in [2.75, 3.05) is 13.2 Å². The topological polar surface area (TPSA) is 55.8 Å². The smallest absolute Gasteiger partial charge is 0.312 e. The summed E-state index contributed by atoms with van der Waals surface area (Å²) in [5, 5.41) is 0. The van der Waals surface area contributed by atoms with Crippen LogP contribution in [0.1, 0.15) is 27.2 Å². The van der Waals surface area contributed by atoms with E-state index in [4.69, 9.17) is 9.47 Å². The van der Waals surface area contributed by atoms with Crippen molar-refractivity contribution in [3.05, 3.63) is 12.2 Å². The molecule has 0 aromatic heterocycles. The Bertz CT molecular complexity index is 474. The normalized spacial score (nSPS) is 39.2. The maximum Gasteiger partial charge on any atom is 0.312 e. The molecule has 20 heavy (non-hydrogen) atoms. The molecule has 2 bridgehead atoms. The highest BCUT2D eigenvalue weighted by Crippen LogP contribution is 2.52. The number of esters is 1. The highest BCUT2D eigenvalue weighted by molar-refractivity contribution is 5.91. The number of amides is 1. The average molecular weight is 279 g/mol. The fourth-order valence-corrected chi connectivity index (χ4v) is 3.63. The molecule has 0 radical (unpaired) electrons. The fourth-order valence-electron chi connectivity index (χ4n) is 3.63. The minimum atomic E-state index is -0.609. The Morgan fingerprint density at radius 1 is 1.60 bits per heavy atom. The zero-order valence-electron chi connectivity index (χ0n) is 12.2. The van der Waals surface area contributed by atoms with Crippen molar-refractivity contribution >= 4 is 11.9 Å². The van der Waals surface area contributed by atoms with Gasteiger partial charge in [0.2, 0.25) is 5.91 Å². The number of nitrogens with zero attached hydrogens (tertiary/aromatic N) is 1. The van der Waals surface area contributed by atoms with Crippen LogP contribution in [0.25, 0.3) is 0 Å². The third-order valence-electron chi connectivity index (χ3n) is 4.81. The molecule has 0 aliphatic carbocycles. The second-order valence-electron chi connectivity index (χ2n) is 5.88. The van der Waals surface area contributed by atoms with Gasteiger partial charge in [-0.3, -0.25) is 9.59 Å². The van der Waals surface area contributed by atoms with Crippen molar-refractivity contribution in [1.82, 2.24) is 4.90 Å². The molecule has 110 valence electrons. The first-order valence-electron chi connectivity index (χ1n) is 7.38. The number of ether oxygens (including phenoxy) is 2. The molecule has 2 fully saturated rings. The molecule has 3 aliphatic heterocycles. The summed E-state index contributed by atoms with van der Waals surface area (Å²) in [5.41, 5.74) is -0.609. The highest BCUT2D eigenvalue weighted by Gasteiger charge is 2.67. The lowest BCUT2D eigenvalue weighted by Gasteiger charge is -2.26. The summed E-state index contributed by atoms with van der Waals surface area (Å²) in [6.45, 7) is 6.74. The van der Waals surface area contributed by atoms with E-state index in [1.807, 2.05) is 24.0 Å². The van der Waals surface area contributed by atoms with Crippen molar-refractivity contribution in [3.8, 4) is 0 Å². The van der Waals surface area contributed by atoms with E-state index < -0.39 is 17.4 Å². The van der Waals surface area contributed by atoms with Gasteiger partial charge in [-0.15, -0.1) is 0 Å². The summed E-state index contributed by atoms with van der Waals surface area (Å²) in [5.74, 6) is -1.18. The van der Waals surface area contributed by atoms with E-state index in [0.717, 1.165) is 6.42 Å². The van der Waals surface area contributed by atoms with Crippen LogP contribution >= 0.6 is 0 Å². The molecule has 1 amide bonds. The van der Waals surface area contributed by atoms with E-state index in [0.29, 0.717) is 13.2 Å². The number of hydrogen-bond donors (Lipinski definition) is 0. The van der Waals surface area contributed by atoms with Crippen LogP contribution in [0.3, 0.4) is 0 Å². The first-order chi connectivity index (χ1) is 9.54. The van der Waals surface area contributed by atoms with Gasteiger partial charge < -0.3 is 14.4 Å². The lowest BCUT2D eigenvalue weighted by atomic mass is 9.77. The third-order valence-corrected chi connectivity index (χ3v) is 4.81. The van der Waals surface area contributed by atoms with Gasteiger partial charge >= 0.3 is 5.97 Å². The molecule has 3 aliphatic rings. The first-order valence-corrected chi connectivity index (χ1v) is 7.38. The molecule has 5 atom stereocenters. The zero-order valence-corrected chi connectivity index (χ0v) is 12.2. The molecule has 0 aromatic carbocycles. The largest absolute Gasteiger partial charge is 0.466 e. The predicted octanol–water partition coefficient (Wildman–Crippen LogP) is 1.13. The minimum Gasteiger partial charge on any atom is -0.466 e. The Kier molecular flexibility index (Phi) is 3.12. The van der Waals surface area contributed by atoms with E-state index >= 15 is 0 Å². The van der Waals surface area contributed by atoms with E-state index in [-0.39, 0.29) is 24.0 Å².